The number of benzene rings is 3. The Bertz CT molecular complexity index is 1080. The van der Waals surface area contributed by atoms with Crippen LogP contribution in [0.2, 0.25) is 0 Å². The molecule has 0 aromatic heterocycles. The smallest absolute Gasteiger partial charge is 0.369 e. The van der Waals surface area contributed by atoms with Crippen LogP contribution in [-0.2, 0) is 11.0 Å². The van der Waals surface area contributed by atoms with E-state index in [1.165, 1.54) is 30.3 Å². The number of amides is 1. The Morgan fingerprint density at radius 1 is 0.848 bits per heavy atom. The summed E-state index contributed by atoms with van der Waals surface area (Å²) in [6.45, 7) is 1.95. The number of hydrogen-bond donors (Lipinski definition) is 1. The average molecular weight is 457 g/mol. The van der Waals surface area contributed by atoms with Crippen LogP contribution in [0.3, 0.4) is 0 Å². The van der Waals surface area contributed by atoms with Crippen molar-refractivity contribution in [2.75, 3.05) is 36.4 Å². The van der Waals surface area contributed by atoms with Gasteiger partial charge < -0.3 is 10.2 Å². The third-order valence-corrected chi connectivity index (χ3v) is 5.69. The number of nitrogens with one attached hydrogen (secondary N) is 1. The zero-order chi connectivity index (χ0) is 23.4. The Morgan fingerprint density at radius 3 is 2.15 bits per heavy atom. The summed E-state index contributed by atoms with van der Waals surface area (Å²) in [6, 6.07) is 19.6. The second kappa shape index (κ2) is 9.62. The van der Waals surface area contributed by atoms with Gasteiger partial charge >= 0.3 is 6.18 Å². The first-order valence-electron chi connectivity index (χ1n) is 10.6. The van der Waals surface area contributed by atoms with Gasteiger partial charge in [-0.05, 0) is 48.0 Å². The summed E-state index contributed by atoms with van der Waals surface area (Å²) in [4.78, 5) is 17.1. The fourth-order valence-electron chi connectivity index (χ4n) is 4.02. The van der Waals surface area contributed by atoms with Crippen LogP contribution in [-0.4, -0.2) is 37.0 Å². The topological polar surface area (TPSA) is 35.6 Å². The first-order valence-corrected chi connectivity index (χ1v) is 10.6. The predicted molar refractivity (Wildman–Crippen MR) is 119 cm³/mol. The van der Waals surface area contributed by atoms with E-state index in [4.69, 9.17) is 0 Å². The second-order valence-corrected chi connectivity index (χ2v) is 7.88. The molecule has 172 valence electrons. The zero-order valence-corrected chi connectivity index (χ0v) is 17.7. The largest absolute Gasteiger partial charge is 0.416 e. The maximum atomic E-state index is 13.2. The molecule has 0 spiro atoms. The molecule has 8 heteroatoms. The van der Waals surface area contributed by atoms with E-state index in [0.717, 1.165) is 17.7 Å². The minimum atomic E-state index is -4.39. The van der Waals surface area contributed by atoms with E-state index in [1.54, 1.807) is 6.07 Å². The molecule has 0 aliphatic carbocycles. The number of nitrogens with zero attached hydrogens (tertiary/aromatic N) is 2. The number of anilines is 2. The van der Waals surface area contributed by atoms with E-state index in [-0.39, 0.29) is 5.91 Å². The van der Waals surface area contributed by atoms with Gasteiger partial charge in [-0.3, -0.25) is 9.69 Å². The van der Waals surface area contributed by atoms with Gasteiger partial charge in [0.25, 0.3) is 0 Å². The normalized spacial score (nSPS) is 15.8. The summed E-state index contributed by atoms with van der Waals surface area (Å²) in [5, 5.41) is 2.85. The molecule has 1 aliphatic rings. The molecular formula is C25H23F4N3O. The van der Waals surface area contributed by atoms with Gasteiger partial charge in [-0.1, -0.05) is 36.4 Å². The molecule has 1 saturated heterocycles. The maximum Gasteiger partial charge on any atom is 0.416 e. The molecule has 0 radical (unpaired) electrons. The van der Waals surface area contributed by atoms with Gasteiger partial charge in [0, 0.05) is 37.6 Å². The monoisotopic (exact) mass is 457 g/mol. The third kappa shape index (κ3) is 5.51. The summed E-state index contributed by atoms with van der Waals surface area (Å²) in [5.41, 5.74) is 1.13. The van der Waals surface area contributed by atoms with Crippen LogP contribution in [0.4, 0.5) is 28.9 Å². The lowest BCUT2D eigenvalue weighted by Crippen LogP contribution is -2.50. The fourth-order valence-corrected chi connectivity index (χ4v) is 4.02. The maximum absolute atomic E-state index is 13.2. The quantitative estimate of drug-likeness (QED) is 0.525. The zero-order valence-electron chi connectivity index (χ0n) is 17.7. The Morgan fingerprint density at radius 2 is 1.52 bits per heavy atom. The van der Waals surface area contributed by atoms with Crippen molar-refractivity contribution in [3.05, 3.63) is 95.8 Å². The number of carbonyl (C=O) groups excluding carboxylic acids is 1. The van der Waals surface area contributed by atoms with Gasteiger partial charge in [-0.25, -0.2) is 4.39 Å². The Kier molecular flexibility index (Phi) is 6.65. The van der Waals surface area contributed by atoms with Crippen LogP contribution in [0.5, 0.6) is 0 Å². The van der Waals surface area contributed by atoms with Crippen molar-refractivity contribution in [2.45, 2.75) is 12.2 Å². The highest BCUT2D eigenvalue weighted by atomic mass is 19.4. The molecule has 1 aliphatic heterocycles. The van der Waals surface area contributed by atoms with Crippen LogP contribution in [0.25, 0.3) is 0 Å². The highest BCUT2D eigenvalue weighted by Gasteiger charge is 2.33. The van der Waals surface area contributed by atoms with Gasteiger partial charge in [0.15, 0.2) is 0 Å². The van der Waals surface area contributed by atoms with E-state index in [0.29, 0.717) is 37.6 Å². The number of rotatable bonds is 5. The van der Waals surface area contributed by atoms with Crippen LogP contribution in [0, 0.1) is 5.82 Å². The SMILES string of the molecule is O=C(Nc1ccc(F)cc1)C(c1ccccc1)N1CCN(c2cccc(C(F)(F)F)c2)CC1. The first kappa shape index (κ1) is 22.8. The Labute approximate surface area is 189 Å². The van der Waals surface area contributed by atoms with Crippen molar-refractivity contribution < 1.29 is 22.4 Å². The molecule has 1 fully saturated rings. The number of alkyl halides is 3. The van der Waals surface area contributed by atoms with Crippen LogP contribution in [0.1, 0.15) is 17.2 Å². The molecule has 1 amide bonds. The molecule has 1 atom stereocenters. The first-order chi connectivity index (χ1) is 15.8. The predicted octanol–water partition coefficient (Wildman–Crippen LogP) is 5.35. The van der Waals surface area contributed by atoms with Crippen molar-refractivity contribution in [2.24, 2.45) is 0 Å². The van der Waals surface area contributed by atoms with E-state index in [2.05, 4.69) is 5.32 Å². The molecular weight excluding hydrogens is 434 g/mol. The molecule has 0 saturated carbocycles. The summed E-state index contributed by atoms with van der Waals surface area (Å²) in [5.74, 6) is -0.640. The lowest BCUT2D eigenvalue weighted by Gasteiger charge is -2.40. The number of halogens is 4. The lowest BCUT2D eigenvalue weighted by atomic mass is 10.0. The Balaban J connectivity index is 1.50. The van der Waals surface area contributed by atoms with Crippen LogP contribution in [0.15, 0.2) is 78.9 Å². The second-order valence-electron chi connectivity index (χ2n) is 7.88. The molecule has 4 rings (SSSR count). The minimum Gasteiger partial charge on any atom is -0.369 e. The van der Waals surface area contributed by atoms with Gasteiger partial charge in [0.1, 0.15) is 11.9 Å². The van der Waals surface area contributed by atoms with Crippen LogP contribution >= 0.6 is 0 Å². The number of piperazine rings is 1. The van der Waals surface area contributed by atoms with Gasteiger partial charge in [0.2, 0.25) is 5.91 Å². The molecule has 4 nitrogen and oxygen atoms in total. The molecule has 1 heterocycles. The minimum absolute atomic E-state index is 0.250. The Hall–Kier alpha value is -3.39. The lowest BCUT2D eigenvalue weighted by molar-refractivity contribution is -0.137. The van der Waals surface area contributed by atoms with Crippen LogP contribution < -0.4 is 10.2 Å². The third-order valence-electron chi connectivity index (χ3n) is 5.69. The molecule has 1 N–H and O–H groups in total. The average Bonchev–Trinajstić information content (AvgIpc) is 2.81. The van der Waals surface area contributed by atoms with Crippen molar-refractivity contribution in [3.63, 3.8) is 0 Å². The number of hydrogen-bond acceptors (Lipinski definition) is 3. The van der Waals surface area contributed by atoms with E-state index < -0.39 is 23.6 Å². The highest BCUT2D eigenvalue weighted by Crippen LogP contribution is 2.32. The van der Waals surface area contributed by atoms with Crippen molar-refractivity contribution >= 4 is 17.3 Å². The van der Waals surface area contributed by atoms with Gasteiger partial charge in [-0.2, -0.15) is 13.2 Å². The summed E-state index contributed by atoms with van der Waals surface area (Å²) >= 11 is 0. The fraction of sp³-hybridized carbons (Fsp3) is 0.240. The van der Waals surface area contributed by atoms with Gasteiger partial charge in [-0.15, -0.1) is 0 Å². The van der Waals surface area contributed by atoms with Crippen molar-refractivity contribution in [1.29, 1.82) is 0 Å². The summed E-state index contributed by atoms with van der Waals surface area (Å²) in [7, 11) is 0. The van der Waals surface area contributed by atoms with Crippen molar-refractivity contribution in [1.82, 2.24) is 4.90 Å². The molecule has 3 aromatic carbocycles. The van der Waals surface area contributed by atoms with Crippen molar-refractivity contribution in [3.8, 4) is 0 Å². The molecule has 3 aromatic rings. The molecule has 33 heavy (non-hydrogen) atoms. The number of carbonyl (C=O) groups is 1. The molecule has 0 bridgehead atoms. The van der Waals surface area contributed by atoms with E-state index in [1.807, 2.05) is 40.1 Å². The highest BCUT2D eigenvalue weighted by molar-refractivity contribution is 5.95. The summed E-state index contributed by atoms with van der Waals surface area (Å²) < 4.78 is 52.5. The van der Waals surface area contributed by atoms with Gasteiger partial charge in [0.05, 0.1) is 5.56 Å². The van der Waals surface area contributed by atoms with E-state index in [9.17, 15) is 22.4 Å². The molecule has 1 unspecified atom stereocenters. The van der Waals surface area contributed by atoms with E-state index >= 15 is 0 Å². The summed E-state index contributed by atoms with van der Waals surface area (Å²) in [6.07, 6.45) is -4.39. The standard InChI is InChI=1S/C25H23F4N3O/c26-20-9-11-21(12-10-20)30-24(33)23(18-5-2-1-3-6-18)32-15-13-31(14-16-32)22-8-4-7-19(17-22)25(27,28)29/h1-12,17,23H,13-16H2,(H,30,33).